The van der Waals surface area contributed by atoms with E-state index in [0.29, 0.717) is 0 Å². The van der Waals surface area contributed by atoms with Gasteiger partial charge in [0.25, 0.3) is 6.71 Å². The van der Waals surface area contributed by atoms with Crippen LogP contribution in [0, 0.1) is 0 Å². The average Bonchev–Trinajstić information content (AvgIpc) is 3.69. The summed E-state index contributed by atoms with van der Waals surface area (Å²) in [6, 6.07) is 59.0. The van der Waals surface area contributed by atoms with Crippen molar-refractivity contribution in [3.63, 3.8) is 0 Å². The van der Waals surface area contributed by atoms with Gasteiger partial charge in [-0.25, -0.2) is 0 Å². The predicted octanol–water partition coefficient (Wildman–Crippen LogP) is 12.2. The van der Waals surface area contributed by atoms with Crippen LogP contribution in [0.1, 0.15) is 86.5 Å². The normalized spacial score (nSPS) is 18.4. The molecule has 2 saturated carbocycles. The zero-order valence-corrected chi connectivity index (χ0v) is 32.5. The monoisotopic (exact) mass is 732 g/mol. The minimum atomic E-state index is 0.103. The Kier molecular flexibility index (Phi) is 6.73. The lowest BCUT2D eigenvalue weighted by Crippen LogP contribution is -2.61. The lowest BCUT2D eigenvalue weighted by atomic mass is 9.33. The molecule has 0 amide bonds. The van der Waals surface area contributed by atoms with Crippen molar-refractivity contribution in [1.82, 2.24) is 0 Å². The van der Waals surface area contributed by atoms with Gasteiger partial charge in [-0.15, -0.1) is 0 Å². The molecule has 3 heteroatoms. The standard InChI is InChI=1S/C54H45BN2/c1-11-30-53(31-12-1)43-19-6-4-17-39(43)41-34-36(27-29-44(41)53)56-48-22-9-7-20-46(48)55-47-21-8-10-23-49(47)57(51-25-15-24-50(56)52(51)55)37-26-28-40-38-16-3-5-18-42(38)54(45(40)35-37)32-13-2-14-33-54/h3-10,15-29,34-35H,1-2,11-14,30-33H2. The molecule has 7 aromatic rings. The van der Waals surface area contributed by atoms with Crippen LogP contribution < -0.4 is 26.2 Å². The fourth-order valence-corrected chi connectivity index (χ4v) is 13.0. The maximum atomic E-state index is 2.60. The summed E-state index contributed by atoms with van der Waals surface area (Å²) in [4.78, 5) is 5.18. The van der Waals surface area contributed by atoms with Crippen molar-refractivity contribution in [1.29, 1.82) is 0 Å². The maximum Gasteiger partial charge on any atom is 0.252 e. The Labute approximate surface area is 336 Å². The number of benzene rings is 7. The van der Waals surface area contributed by atoms with E-state index in [1.807, 2.05) is 0 Å². The number of rotatable bonds is 2. The largest absolute Gasteiger partial charge is 0.311 e. The van der Waals surface area contributed by atoms with Crippen LogP contribution in [-0.4, -0.2) is 6.71 Å². The number of hydrogen-bond acceptors (Lipinski definition) is 2. The number of anilines is 6. The smallest absolute Gasteiger partial charge is 0.252 e. The highest BCUT2D eigenvalue weighted by Gasteiger charge is 2.47. The van der Waals surface area contributed by atoms with Gasteiger partial charge in [0.1, 0.15) is 0 Å². The van der Waals surface area contributed by atoms with Gasteiger partial charge >= 0.3 is 0 Å². The molecule has 274 valence electrons. The molecule has 0 bridgehead atoms. The minimum Gasteiger partial charge on any atom is -0.311 e. The summed E-state index contributed by atoms with van der Waals surface area (Å²) in [6.45, 7) is 0.139. The van der Waals surface area contributed by atoms with Crippen molar-refractivity contribution in [2.45, 2.75) is 75.0 Å². The van der Waals surface area contributed by atoms with Crippen LogP contribution in [0.4, 0.5) is 34.1 Å². The molecular formula is C54H45BN2. The lowest BCUT2D eigenvalue weighted by molar-refractivity contribution is 0.353. The van der Waals surface area contributed by atoms with Crippen LogP contribution in [0.2, 0.25) is 0 Å². The molecule has 4 aliphatic carbocycles. The van der Waals surface area contributed by atoms with E-state index in [0.717, 1.165) is 0 Å². The second-order valence-corrected chi connectivity index (χ2v) is 17.8. The Morgan fingerprint density at radius 1 is 0.351 bits per heavy atom. The van der Waals surface area contributed by atoms with Crippen molar-refractivity contribution in [3.05, 3.63) is 174 Å². The fraction of sp³-hybridized carbons (Fsp3) is 0.222. The number of para-hydroxylation sites is 2. The van der Waals surface area contributed by atoms with Gasteiger partial charge in [0.15, 0.2) is 0 Å². The average molecular weight is 733 g/mol. The Morgan fingerprint density at radius 2 is 0.807 bits per heavy atom. The van der Waals surface area contributed by atoms with Gasteiger partial charge in [-0.3, -0.25) is 0 Å². The van der Waals surface area contributed by atoms with E-state index in [9.17, 15) is 0 Å². The quantitative estimate of drug-likeness (QED) is 0.163. The van der Waals surface area contributed by atoms with Crippen molar-refractivity contribution >= 4 is 57.2 Å². The van der Waals surface area contributed by atoms with Crippen LogP contribution in [0.3, 0.4) is 0 Å². The summed E-state index contributed by atoms with van der Waals surface area (Å²) >= 11 is 0. The minimum absolute atomic E-state index is 0.103. The molecule has 0 unspecified atom stereocenters. The van der Waals surface area contributed by atoms with Gasteiger partial charge < -0.3 is 9.80 Å². The van der Waals surface area contributed by atoms with E-state index >= 15 is 0 Å². The van der Waals surface area contributed by atoms with E-state index in [1.54, 1.807) is 16.7 Å². The summed E-state index contributed by atoms with van der Waals surface area (Å²) in [5.41, 5.74) is 24.0. The first kappa shape index (κ1) is 32.3. The van der Waals surface area contributed by atoms with E-state index in [2.05, 4.69) is 161 Å². The van der Waals surface area contributed by atoms with Gasteiger partial charge in [0.2, 0.25) is 0 Å². The second-order valence-electron chi connectivity index (χ2n) is 17.8. The highest BCUT2D eigenvalue weighted by molar-refractivity contribution is 7.00. The molecule has 0 aromatic heterocycles. The van der Waals surface area contributed by atoms with Gasteiger partial charge in [0, 0.05) is 45.0 Å². The third kappa shape index (κ3) is 4.22. The SMILES string of the molecule is c1ccc2c(c1)B1c3ccccc3N(c3ccc4c(c3)C3(CCCCC3)c3ccccc3-4)c3cccc(c31)N2c1ccc2c(c1)-c1ccccc1C21CCCCC1. The van der Waals surface area contributed by atoms with E-state index in [4.69, 9.17) is 0 Å². The third-order valence-electron chi connectivity index (χ3n) is 15.2. The van der Waals surface area contributed by atoms with E-state index in [1.165, 1.54) is 143 Å². The molecule has 0 saturated heterocycles. The molecule has 57 heavy (non-hydrogen) atoms. The van der Waals surface area contributed by atoms with Crippen LogP contribution in [0.25, 0.3) is 22.3 Å². The van der Waals surface area contributed by atoms with Crippen LogP contribution >= 0.6 is 0 Å². The molecule has 2 heterocycles. The molecule has 2 fully saturated rings. The fourth-order valence-electron chi connectivity index (χ4n) is 13.0. The molecule has 13 rings (SSSR count). The topological polar surface area (TPSA) is 6.48 Å². The molecule has 6 aliphatic rings. The van der Waals surface area contributed by atoms with Crippen molar-refractivity contribution < 1.29 is 0 Å². The van der Waals surface area contributed by atoms with Crippen LogP contribution in [-0.2, 0) is 10.8 Å². The van der Waals surface area contributed by atoms with Crippen molar-refractivity contribution in [2.24, 2.45) is 0 Å². The molecule has 2 nitrogen and oxygen atoms in total. The summed E-state index contributed by atoms with van der Waals surface area (Å²) in [5, 5.41) is 0. The Balaban J connectivity index is 1.01. The number of fused-ring (bicyclic) bond motifs is 14. The molecule has 2 aliphatic heterocycles. The van der Waals surface area contributed by atoms with E-state index in [-0.39, 0.29) is 17.5 Å². The summed E-state index contributed by atoms with van der Waals surface area (Å²) < 4.78 is 0. The number of hydrogen-bond donors (Lipinski definition) is 0. The van der Waals surface area contributed by atoms with Crippen molar-refractivity contribution in [2.75, 3.05) is 9.80 Å². The molecule has 0 atom stereocenters. The highest BCUT2D eigenvalue weighted by Crippen LogP contribution is 2.59. The molecule has 7 aromatic carbocycles. The first-order valence-corrected chi connectivity index (χ1v) is 21.7. The van der Waals surface area contributed by atoms with E-state index < -0.39 is 0 Å². The third-order valence-corrected chi connectivity index (χ3v) is 15.2. The van der Waals surface area contributed by atoms with Gasteiger partial charge in [-0.05, 0) is 135 Å². The summed E-state index contributed by atoms with van der Waals surface area (Å²) in [7, 11) is 0. The first-order valence-electron chi connectivity index (χ1n) is 21.7. The Bertz CT molecular complexity index is 2800. The second kappa shape index (κ2) is 11.9. The Hall–Kier alpha value is -5.80. The summed E-state index contributed by atoms with van der Waals surface area (Å²) in [5.74, 6) is 0. The first-order chi connectivity index (χ1) is 28.3. The summed E-state index contributed by atoms with van der Waals surface area (Å²) in [6.07, 6.45) is 12.9. The lowest BCUT2D eigenvalue weighted by Gasteiger charge is -2.44. The molecular weight excluding hydrogens is 687 g/mol. The van der Waals surface area contributed by atoms with Gasteiger partial charge in [0.05, 0.1) is 0 Å². The molecule has 0 radical (unpaired) electrons. The zero-order chi connectivity index (χ0) is 37.3. The van der Waals surface area contributed by atoms with Crippen LogP contribution in [0.15, 0.2) is 152 Å². The maximum absolute atomic E-state index is 2.60. The Morgan fingerprint density at radius 3 is 1.44 bits per heavy atom. The molecule has 2 spiro atoms. The predicted molar refractivity (Wildman–Crippen MR) is 239 cm³/mol. The van der Waals surface area contributed by atoms with Crippen molar-refractivity contribution in [3.8, 4) is 22.3 Å². The zero-order valence-electron chi connectivity index (χ0n) is 32.5. The number of nitrogens with zero attached hydrogens (tertiary/aromatic N) is 2. The molecule has 0 N–H and O–H groups in total. The van der Waals surface area contributed by atoms with Gasteiger partial charge in [-0.2, -0.15) is 0 Å². The van der Waals surface area contributed by atoms with Gasteiger partial charge in [-0.1, -0.05) is 142 Å². The van der Waals surface area contributed by atoms with Crippen LogP contribution in [0.5, 0.6) is 0 Å². The highest BCUT2D eigenvalue weighted by atomic mass is 15.2.